The molecule has 0 fully saturated rings. The number of nitrogens with one attached hydrogen (secondary N) is 1. The highest BCUT2D eigenvalue weighted by Gasteiger charge is 2.13. The predicted octanol–water partition coefficient (Wildman–Crippen LogP) is 3.90. The lowest BCUT2D eigenvalue weighted by Gasteiger charge is -2.07. The molecule has 0 bridgehead atoms. The van der Waals surface area contributed by atoms with Crippen molar-refractivity contribution in [2.45, 2.75) is 26.2 Å². The van der Waals surface area contributed by atoms with E-state index >= 15 is 0 Å². The molecule has 0 atom stereocenters. The Hall–Kier alpha value is -3.29. The second-order valence-corrected chi connectivity index (χ2v) is 6.13. The first kappa shape index (κ1) is 22.0. The van der Waals surface area contributed by atoms with Crippen molar-refractivity contribution in [1.29, 1.82) is 0 Å². The van der Waals surface area contributed by atoms with E-state index in [9.17, 15) is 23.2 Å². The summed E-state index contributed by atoms with van der Waals surface area (Å²) in [7, 11) is 0. The van der Waals surface area contributed by atoms with Gasteiger partial charge in [-0.1, -0.05) is 6.92 Å². The first-order chi connectivity index (χ1) is 13.9. The Morgan fingerprint density at radius 3 is 2.34 bits per heavy atom. The number of Topliss-reactive ketones (excluding diaryl/α,β-unsaturated/α-hetero) is 1. The second-order valence-electron chi connectivity index (χ2n) is 6.13. The summed E-state index contributed by atoms with van der Waals surface area (Å²) in [5.41, 5.74) is 0.476. The fraction of sp³-hybridized carbons (Fsp3) is 0.286. The number of ether oxygens (including phenoxy) is 2. The van der Waals surface area contributed by atoms with Crippen LogP contribution in [0.1, 0.15) is 36.5 Å². The molecule has 2 aromatic rings. The average molecular weight is 405 g/mol. The van der Waals surface area contributed by atoms with Gasteiger partial charge in [-0.25, -0.2) is 8.78 Å². The summed E-state index contributed by atoms with van der Waals surface area (Å²) in [5.74, 6) is -3.16. The van der Waals surface area contributed by atoms with Crippen LogP contribution in [0.4, 0.5) is 14.5 Å². The van der Waals surface area contributed by atoms with Crippen LogP contribution in [-0.2, 0) is 14.3 Å². The van der Waals surface area contributed by atoms with E-state index in [4.69, 9.17) is 9.47 Å². The second kappa shape index (κ2) is 10.9. The van der Waals surface area contributed by atoms with Crippen LogP contribution in [0.15, 0.2) is 42.5 Å². The summed E-state index contributed by atoms with van der Waals surface area (Å²) >= 11 is 0. The molecule has 8 heteroatoms. The lowest BCUT2D eigenvalue weighted by atomic mass is 10.1. The van der Waals surface area contributed by atoms with E-state index in [1.807, 2.05) is 6.92 Å². The number of hydrogen-bond acceptors (Lipinski definition) is 5. The van der Waals surface area contributed by atoms with Gasteiger partial charge in [0.1, 0.15) is 5.75 Å². The molecule has 2 aromatic carbocycles. The third-order valence-corrected chi connectivity index (χ3v) is 3.77. The topological polar surface area (TPSA) is 81.7 Å². The molecule has 0 heterocycles. The van der Waals surface area contributed by atoms with Gasteiger partial charge < -0.3 is 14.8 Å². The minimum Gasteiger partial charge on any atom is -0.494 e. The molecule has 0 aliphatic heterocycles. The van der Waals surface area contributed by atoms with Gasteiger partial charge in [-0.3, -0.25) is 14.4 Å². The van der Waals surface area contributed by atoms with Gasteiger partial charge >= 0.3 is 5.97 Å². The van der Waals surface area contributed by atoms with E-state index in [1.54, 1.807) is 24.3 Å². The van der Waals surface area contributed by atoms with Crippen LogP contribution in [0, 0.1) is 11.6 Å². The number of halogens is 2. The van der Waals surface area contributed by atoms with Gasteiger partial charge in [0.25, 0.3) is 5.91 Å². The van der Waals surface area contributed by atoms with Crippen LogP contribution in [0.3, 0.4) is 0 Å². The number of rotatable bonds is 10. The number of carbonyl (C=O) groups excluding carboxylic acids is 3. The van der Waals surface area contributed by atoms with Crippen molar-refractivity contribution < 1.29 is 32.6 Å². The molecule has 0 spiro atoms. The fourth-order valence-corrected chi connectivity index (χ4v) is 2.31. The molecule has 154 valence electrons. The van der Waals surface area contributed by atoms with Crippen molar-refractivity contribution in [3.63, 3.8) is 0 Å². The average Bonchev–Trinajstić information content (AvgIpc) is 2.72. The van der Waals surface area contributed by atoms with Crippen molar-refractivity contribution >= 4 is 23.3 Å². The standard InChI is InChI=1S/C21H21F2NO5/c1-2-11-28-16-6-3-14(4-7-16)19(25)9-10-21(27)29-13-20(26)24-15-5-8-17(22)18(23)12-15/h3-8,12H,2,9-11,13H2,1H3,(H,24,26). The molecule has 0 radical (unpaired) electrons. The van der Waals surface area contributed by atoms with Crippen molar-refractivity contribution in [3.05, 3.63) is 59.7 Å². The van der Waals surface area contributed by atoms with Gasteiger partial charge in [0.2, 0.25) is 0 Å². The van der Waals surface area contributed by atoms with E-state index in [2.05, 4.69) is 5.32 Å². The van der Waals surface area contributed by atoms with E-state index < -0.39 is 30.1 Å². The lowest BCUT2D eigenvalue weighted by molar-refractivity contribution is -0.147. The molecule has 6 nitrogen and oxygen atoms in total. The summed E-state index contributed by atoms with van der Waals surface area (Å²) in [5, 5.41) is 2.27. The van der Waals surface area contributed by atoms with Gasteiger partial charge in [-0.15, -0.1) is 0 Å². The number of anilines is 1. The molecule has 0 saturated carbocycles. The van der Waals surface area contributed by atoms with Crippen molar-refractivity contribution in [1.82, 2.24) is 0 Å². The Labute approximate surface area is 166 Å². The van der Waals surface area contributed by atoms with E-state index in [-0.39, 0.29) is 24.3 Å². The van der Waals surface area contributed by atoms with Gasteiger partial charge in [0.15, 0.2) is 24.0 Å². The number of benzene rings is 2. The third kappa shape index (κ3) is 7.33. The van der Waals surface area contributed by atoms with Gasteiger partial charge in [-0.2, -0.15) is 0 Å². The van der Waals surface area contributed by atoms with Gasteiger partial charge in [0, 0.05) is 23.7 Å². The Bertz CT molecular complexity index is 868. The van der Waals surface area contributed by atoms with Crippen molar-refractivity contribution in [3.8, 4) is 5.75 Å². The minimum atomic E-state index is -1.11. The highest BCUT2D eigenvalue weighted by atomic mass is 19.2. The Morgan fingerprint density at radius 1 is 0.966 bits per heavy atom. The quantitative estimate of drug-likeness (QED) is 0.479. The molecule has 0 saturated heterocycles. The van der Waals surface area contributed by atoms with Crippen molar-refractivity contribution in [2.75, 3.05) is 18.5 Å². The van der Waals surface area contributed by atoms with E-state index in [0.29, 0.717) is 17.9 Å². The minimum absolute atomic E-state index is 0.0338. The molecule has 1 amide bonds. The first-order valence-corrected chi connectivity index (χ1v) is 9.05. The third-order valence-electron chi connectivity index (χ3n) is 3.77. The summed E-state index contributed by atoms with van der Waals surface area (Å²) in [6.07, 6.45) is 0.617. The van der Waals surface area contributed by atoms with Crippen LogP contribution in [-0.4, -0.2) is 30.9 Å². The Balaban J connectivity index is 1.72. The Morgan fingerprint density at radius 2 is 1.69 bits per heavy atom. The zero-order chi connectivity index (χ0) is 21.2. The summed E-state index contributed by atoms with van der Waals surface area (Å²) in [6, 6.07) is 9.46. The molecule has 0 aliphatic rings. The molecule has 2 rings (SSSR count). The maximum Gasteiger partial charge on any atom is 0.306 e. The summed E-state index contributed by atoms with van der Waals surface area (Å²) < 4.78 is 36.2. The monoisotopic (exact) mass is 405 g/mol. The summed E-state index contributed by atoms with van der Waals surface area (Å²) in [6.45, 7) is 1.97. The maximum atomic E-state index is 13.1. The van der Waals surface area contributed by atoms with Gasteiger partial charge in [0.05, 0.1) is 13.0 Å². The molecule has 29 heavy (non-hydrogen) atoms. The highest BCUT2D eigenvalue weighted by molar-refractivity contribution is 5.98. The normalized spacial score (nSPS) is 10.3. The number of carbonyl (C=O) groups is 3. The van der Waals surface area contributed by atoms with E-state index in [1.165, 1.54) is 6.07 Å². The molecule has 0 aromatic heterocycles. The van der Waals surface area contributed by atoms with Crippen LogP contribution < -0.4 is 10.1 Å². The molecule has 0 aliphatic carbocycles. The van der Waals surface area contributed by atoms with E-state index in [0.717, 1.165) is 18.6 Å². The van der Waals surface area contributed by atoms with Crippen LogP contribution in [0.25, 0.3) is 0 Å². The van der Waals surface area contributed by atoms with Crippen LogP contribution >= 0.6 is 0 Å². The molecular weight excluding hydrogens is 384 g/mol. The molecule has 0 unspecified atom stereocenters. The zero-order valence-electron chi connectivity index (χ0n) is 15.9. The number of ketones is 1. The number of esters is 1. The fourth-order valence-electron chi connectivity index (χ4n) is 2.31. The smallest absolute Gasteiger partial charge is 0.306 e. The summed E-state index contributed by atoms with van der Waals surface area (Å²) in [4.78, 5) is 35.5. The highest BCUT2D eigenvalue weighted by Crippen LogP contribution is 2.15. The number of amides is 1. The molecule has 1 N–H and O–H groups in total. The van der Waals surface area contributed by atoms with Crippen LogP contribution in [0.5, 0.6) is 5.75 Å². The van der Waals surface area contributed by atoms with Crippen molar-refractivity contribution in [2.24, 2.45) is 0 Å². The van der Waals surface area contributed by atoms with Crippen LogP contribution in [0.2, 0.25) is 0 Å². The zero-order valence-corrected chi connectivity index (χ0v) is 15.9. The lowest BCUT2D eigenvalue weighted by Crippen LogP contribution is -2.21. The maximum absolute atomic E-state index is 13.1. The predicted molar refractivity (Wildman–Crippen MR) is 102 cm³/mol. The number of hydrogen-bond donors (Lipinski definition) is 1. The molecular formula is C21H21F2NO5. The SMILES string of the molecule is CCCOc1ccc(C(=O)CCC(=O)OCC(=O)Nc2ccc(F)c(F)c2)cc1. The first-order valence-electron chi connectivity index (χ1n) is 9.05. The van der Waals surface area contributed by atoms with Gasteiger partial charge in [-0.05, 0) is 42.8 Å². The largest absolute Gasteiger partial charge is 0.494 e. The Kier molecular flexibility index (Phi) is 8.27.